The molecule has 1 unspecified atom stereocenters. The van der Waals surface area contributed by atoms with Gasteiger partial charge < -0.3 is 0 Å². The molecule has 3 heteroatoms. The Labute approximate surface area is 82.6 Å². The normalized spacial score (nSPS) is 13.2. The summed E-state index contributed by atoms with van der Waals surface area (Å²) >= 11 is 3.81. The summed E-state index contributed by atoms with van der Waals surface area (Å²) in [6.45, 7) is 6.56. The maximum absolute atomic E-state index is 4.27. The summed E-state index contributed by atoms with van der Waals surface area (Å²) in [5.74, 6) is 1.19. The van der Waals surface area contributed by atoms with Gasteiger partial charge in [0, 0.05) is 10.1 Å². The second kappa shape index (κ2) is 4.87. The van der Waals surface area contributed by atoms with E-state index in [0.717, 1.165) is 0 Å². The number of aromatic nitrogens is 1. The van der Waals surface area contributed by atoms with Gasteiger partial charge in [-0.25, -0.2) is 4.98 Å². The first-order chi connectivity index (χ1) is 5.79. The Hall–Kier alpha value is -0.0200. The number of hydrogen-bond acceptors (Lipinski definition) is 3. The summed E-state index contributed by atoms with van der Waals surface area (Å²) in [4.78, 5) is 5.74. The molecule has 0 fully saturated rings. The van der Waals surface area contributed by atoms with Crippen molar-refractivity contribution in [2.45, 2.75) is 32.4 Å². The molecule has 0 saturated heterocycles. The van der Waals surface area contributed by atoms with E-state index < -0.39 is 0 Å². The van der Waals surface area contributed by atoms with Crippen molar-refractivity contribution in [1.29, 1.82) is 0 Å². The van der Waals surface area contributed by atoms with E-state index in [4.69, 9.17) is 0 Å². The lowest BCUT2D eigenvalue weighted by Crippen LogP contribution is -1.92. The molecule has 1 nitrogen and oxygen atoms in total. The van der Waals surface area contributed by atoms with Gasteiger partial charge in [-0.15, -0.1) is 11.3 Å². The van der Waals surface area contributed by atoms with E-state index in [1.165, 1.54) is 22.7 Å². The van der Waals surface area contributed by atoms with Crippen LogP contribution in [0, 0.1) is 6.92 Å². The Morgan fingerprint density at radius 2 is 2.33 bits per heavy atom. The number of hydrogen-bond donors (Lipinski definition) is 0. The zero-order chi connectivity index (χ0) is 8.97. The van der Waals surface area contributed by atoms with Crippen molar-refractivity contribution < 1.29 is 0 Å². The quantitative estimate of drug-likeness (QED) is 0.737. The monoisotopic (exact) mass is 201 g/mol. The zero-order valence-corrected chi connectivity index (χ0v) is 9.47. The van der Waals surface area contributed by atoms with E-state index in [1.54, 1.807) is 11.3 Å². The SMILES string of the molecule is CCSC(CC)c1scnc1C. The third-order valence-electron chi connectivity index (χ3n) is 1.81. The molecule has 0 aliphatic heterocycles. The lowest BCUT2D eigenvalue weighted by atomic mass is 10.2. The van der Waals surface area contributed by atoms with Crippen LogP contribution in [0.4, 0.5) is 0 Å². The van der Waals surface area contributed by atoms with Gasteiger partial charge in [-0.05, 0) is 19.1 Å². The van der Waals surface area contributed by atoms with Crippen molar-refractivity contribution in [2.24, 2.45) is 0 Å². The maximum Gasteiger partial charge on any atom is 0.0797 e. The van der Waals surface area contributed by atoms with Crippen LogP contribution in [0.15, 0.2) is 5.51 Å². The van der Waals surface area contributed by atoms with Crippen LogP contribution in [0.3, 0.4) is 0 Å². The Kier molecular flexibility index (Phi) is 4.09. The van der Waals surface area contributed by atoms with E-state index in [1.807, 2.05) is 17.3 Å². The summed E-state index contributed by atoms with van der Waals surface area (Å²) in [6.07, 6.45) is 1.21. The van der Waals surface area contributed by atoms with Crippen molar-refractivity contribution in [2.75, 3.05) is 5.75 Å². The van der Waals surface area contributed by atoms with Crippen molar-refractivity contribution in [3.63, 3.8) is 0 Å². The molecule has 1 aromatic rings. The summed E-state index contributed by atoms with van der Waals surface area (Å²) in [6, 6.07) is 0. The number of thiazole rings is 1. The van der Waals surface area contributed by atoms with Crippen LogP contribution in [0.25, 0.3) is 0 Å². The molecule has 1 atom stereocenters. The molecule has 0 bridgehead atoms. The highest BCUT2D eigenvalue weighted by Crippen LogP contribution is 2.35. The van der Waals surface area contributed by atoms with Gasteiger partial charge in [0.2, 0.25) is 0 Å². The zero-order valence-electron chi connectivity index (χ0n) is 7.83. The Morgan fingerprint density at radius 3 is 2.75 bits per heavy atom. The van der Waals surface area contributed by atoms with Gasteiger partial charge in [0.05, 0.1) is 11.2 Å². The van der Waals surface area contributed by atoms with Crippen molar-refractivity contribution in [3.8, 4) is 0 Å². The van der Waals surface area contributed by atoms with Crippen LogP contribution >= 0.6 is 23.1 Å². The van der Waals surface area contributed by atoms with Gasteiger partial charge in [0.15, 0.2) is 0 Å². The summed E-state index contributed by atoms with van der Waals surface area (Å²) in [7, 11) is 0. The predicted molar refractivity (Wildman–Crippen MR) is 58.0 cm³/mol. The minimum absolute atomic E-state index is 0.669. The van der Waals surface area contributed by atoms with Crippen molar-refractivity contribution in [1.82, 2.24) is 4.98 Å². The van der Waals surface area contributed by atoms with Crippen LogP contribution < -0.4 is 0 Å². The number of rotatable bonds is 4. The van der Waals surface area contributed by atoms with Gasteiger partial charge in [0.1, 0.15) is 0 Å². The lowest BCUT2D eigenvalue weighted by Gasteiger charge is -2.11. The maximum atomic E-state index is 4.27. The van der Waals surface area contributed by atoms with Gasteiger partial charge in [-0.3, -0.25) is 0 Å². The first kappa shape index (κ1) is 10.1. The highest BCUT2D eigenvalue weighted by Gasteiger charge is 2.13. The number of nitrogens with zero attached hydrogens (tertiary/aromatic N) is 1. The minimum Gasteiger partial charge on any atom is -0.250 e. The Bertz CT molecular complexity index is 232. The summed E-state index contributed by atoms with van der Waals surface area (Å²) in [5, 5.41) is 0.669. The van der Waals surface area contributed by atoms with Crippen LogP contribution in [0.5, 0.6) is 0 Å². The molecule has 1 aromatic heterocycles. The predicted octanol–water partition coefficient (Wildman–Crippen LogP) is 3.66. The number of aryl methyl sites for hydroxylation is 1. The smallest absolute Gasteiger partial charge is 0.0797 e. The highest BCUT2D eigenvalue weighted by atomic mass is 32.2. The molecule has 0 aromatic carbocycles. The molecular weight excluding hydrogens is 186 g/mol. The van der Waals surface area contributed by atoms with Crippen LogP contribution in [-0.4, -0.2) is 10.7 Å². The Morgan fingerprint density at radius 1 is 1.58 bits per heavy atom. The van der Waals surface area contributed by atoms with E-state index >= 15 is 0 Å². The minimum atomic E-state index is 0.669. The second-order valence-corrected chi connectivity index (χ2v) is 5.02. The molecular formula is C9H15NS2. The van der Waals surface area contributed by atoms with Crippen molar-refractivity contribution in [3.05, 3.63) is 16.1 Å². The fraction of sp³-hybridized carbons (Fsp3) is 0.667. The van der Waals surface area contributed by atoms with E-state index in [2.05, 4.69) is 25.8 Å². The fourth-order valence-electron chi connectivity index (χ4n) is 1.20. The van der Waals surface area contributed by atoms with Gasteiger partial charge in [-0.2, -0.15) is 11.8 Å². The van der Waals surface area contributed by atoms with Crippen LogP contribution in [0.2, 0.25) is 0 Å². The summed E-state index contributed by atoms with van der Waals surface area (Å²) < 4.78 is 0. The first-order valence-electron chi connectivity index (χ1n) is 4.31. The second-order valence-electron chi connectivity index (χ2n) is 2.65. The fourth-order valence-corrected chi connectivity index (χ4v) is 3.40. The van der Waals surface area contributed by atoms with Crippen LogP contribution in [0.1, 0.15) is 36.1 Å². The van der Waals surface area contributed by atoms with Gasteiger partial charge in [0.25, 0.3) is 0 Å². The van der Waals surface area contributed by atoms with E-state index in [9.17, 15) is 0 Å². The molecule has 68 valence electrons. The van der Waals surface area contributed by atoms with E-state index in [-0.39, 0.29) is 0 Å². The number of thioether (sulfide) groups is 1. The van der Waals surface area contributed by atoms with Gasteiger partial charge >= 0.3 is 0 Å². The molecule has 0 N–H and O–H groups in total. The Balaban J connectivity index is 2.72. The topological polar surface area (TPSA) is 12.9 Å². The molecule has 0 amide bonds. The average molecular weight is 201 g/mol. The molecule has 0 saturated carbocycles. The van der Waals surface area contributed by atoms with Crippen LogP contribution in [-0.2, 0) is 0 Å². The standard InChI is InChI=1S/C9H15NS2/c1-4-8(11-5-2)9-7(3)10-6-12-9/h6,8H,4-5H2,1-3H3. The summed E-state index contributed by atoms with van der Waals surface area (Å²) in [5.41, 5.74) is 3.16. The molecule has 12 heavy (non-hydrogen) atoms. The average Bonchev–Trinajstić information content (AvgIpc) is 2.47. The lowest BCUT2D eigenvalue weighted by molar-refractivity contribution is 0.899. The third-order valence-corrected chi connectivity index (χ3v) is 4.31. The first-order valence-corrected chi connectivity index (χ1v) is 6.24. The van der Waals surface area contributed by atoms with Crippen molar-refractivity contribution >= 4 is 23.1 Å². The largest absolute Gasteiger partial charge is 0.250 e. The third kappa shape index (κ3) is 2.23. The molecule has 0 aliphatic carbocycles. The van der Waals surface area contributed by atoms with E-state index in [0.29, 0.717) is 5.25 Å². The molecule has 0 aliphatic rings. The highest BCUT2D eigenvalue weighted by molar-refractivity contribution is 7.99. The van der Waals surface area contributed by atoms with Gasteiger partial charge in [-0.1, -0.05) is 13.8 Å². The molecule has 0 spiro atoms. The molecule has 1 heterocycles. The molecule has 0 radical (unpaired) electrons. The molecule has 1 rings (SSSR count).